The highest BCUT2D eigenvalue weighted by atomic mass is 16.5. The van der Waals surface area contributed by atoms with Crippen LogP contribution < -0.4 is 10.1 Å². The molecule has 0 amide bonds. The lowest BCUT2D eigenvalue weighted by atomic mass is 9.96. The standard InChI is InChI=1S/C25H28N6O/c1-32-22-9-7-20(8-10-22)18-30-15-13-19(14-16-30)17-26-23-11-12-24-27-28-25(31(24)29-23)21-5-3-2-4-6-21/h2-12,19H,13-18H2,1H3,(H,26,29). The predicted octanol–water partition coefficient (Wildman–Crippen LogP) is 4.12. The van der Waals surface area contributed by atoms with Crippen LogP contribution in [0.5, 0.6) is 5.75 Å². The molecule has 5 rings (SSSR count). The van der Waals surface area contributed by atoms with Crippen molar-refractivity contribution in [1.82, 2.24) is 24.7 Å². The van der Waals surface area contributed by atoms with Crippen molar-refractivity contribution in [2.45, 2.75) is 19.4 Å². The second kappa shape index (κ2) is 9.36. The molecule has 3 heterocycles. The first kappa shape index (κ1) is 20.5. The molecular weight excluding hydrogens is 400 g/mol. The molecule has 1 N–H and O–H groups in total. The molecule has 1 saturated heterocycles. The number of benzene rings is 2. The number of hydrogen-bond acceptors (Lipinski definition) is 6. The van der Waals surface area contributed by atoms with E-state index in [4.69, 9.17) is 9.84 Å². The molecule has 7 heteroatoms. The summed E-state index contributed by atoms with van der Waals surface area (Å²) >= 11 is 0. The quantitative estimate of drug-likeness (QED) is 0.478. The Balaban J connectivity index is 1.16. The smallest absolute Gasteiger partial charge is 0.185 e. The van der Waals surface area contributed by atoms with Gasteiger partial charge in [0.1, 0.15) is 11.6 Å². The molecule has 0 saturated carbocycles. The number of hydrogen-bond donors (Lipinski definition) is 1. The van der Waals surface area contributed by atoms with Gasteiger partial charge in [0.2, 0.25) is 0 Å². The molecule has 32 heavy (non-hydrogen) atoms. The number of aromatic nitrogens is 4. The van der Waals surface area contributed by atoms with Gasteiger partial charge in [-0.3, -0.25) is 4.90 Å². The summed E-state index contributed by atoms with van der Waals surface area (Å²) in [4.78, 5) is 2.53. The number of ether oxygens (including phenoxy) is 1. The maximum Gasteiger partial charge on any atom is 0.185 e. The number of nitrogens with zero attached hydrogens (tertiary/aromatic N) is 5. The van der Waals surface area contributed by atoms with Crippen LogP contribution in [-0.2, 0) is 6.54 Å². The Morgan fingerprint density at radius 2 is 1.72 bits per heavy atom. The van der Waals surface area contributed by atoms with Crippen molar-refractivity contribution in [3.8, 4) is 17.1 Å². The predicted molar refractivity (Wildman–Crippen MR) is 126 cm³/mol. The average molecular weight is 429 g/mol. The van der Waals surface area contributed by atoms with Crippen LogP contribution in [0.4, 0.5) is 5.82 Å². The zero-order valence-electron chi connectivity index (χ0n) is 18.3. The van der Waals surface area contributed by atoms with Gasteiger partial charge in [0.05, 0.1) is 7.11 Å². The maximum absolute atomic E-state index is 5.25. The molecule has 164 valence electrons. The highest BCUT2D eigenvalue weighted by molar-refractivity contribution is 5.59. The molecule has 4 aromatic rings. The number of likely N-dealkylation sites (tertiary alicyclic amines) is 1. The third kappa shape index (κ3) is 4.57. The molecule has 7 nitrogen and oxygen atoms in total. The Labute approximate surface area is 188 Å². The van der Waals surface area contributed by atoms with E-state index in [0.717, 1.165) is 54.8 Å². The van der Waals surface area contributed by atoms with Crippen LogP contribution in [0.25, 0.3) is 17.0 Å². The van der Waals surface area contributed by atoms with E-state index in [1.54, 1.807) is 7.11 Å². The van der Waals surface area contributed by atoms with Gasteiger partial charge < -0.3 is 10.1 Å². The Kier molecular flexibility index (Phi) is 5.98. The summed E-state index contributed by atoms with van der Waals surface area (Å²) in [5.41, 5.74) is 3.10. The SMILES string of the molecule is COc1ccc(CN2CCC(CNc3ccc4nnc(-c5ccccc5)n4n3)CC2)cc1. The van der Waals surface area contributed by atoms with E-state index in [0.29, 0.717) is 5.92 Å². The van der Waals surface area contributed by atoms with Crippen molar-refractivity contribution < 1.29 is 4.74 Å². The lowest BCUT2D eigenvalue weighted by Gasteiger charge is -2.32. The van der Waals surface area contributed by atoms with Crippen molar-refractivity contribution >= 4 is 11.5 Å². The number of nitrogens with one attached hydrogen (secondary N) is 1. The second-order valence-corrected chi connectivity index (χ2v) is 8.33. The van der Waals surface area contributed by atoms with Crippen LogP contribution in [0, 0.1) is 5.92 Å². The van der Waals surface area contributed by atoms with Crippen LogP contribution in [0.2, 0.25) is 0 Å². The number of methoxy groups -OCH3 is 1. The van der Waals surface area contributed by atoms with Crippen molar-refractivity contribution in [3.63, 3.8) is 0 Å². The third-order valence-corrected chi connectivity index (χ3v) is 6.14. The Morgan fingerprint density at radius 3 is 2.47 bits per heavy atom. The van der Waals surface area contributed by atoms with Crippen molar-refractivity contribution in [2.24, 2.45) is 5.92 Å². The zero-order chi connectivity index (χ0) is 21.8. The molecule has 2 aromatic heterocycles. The Hall–Kier alpha value is -3.45. The monoisotopic (exact) mass is 428 g/mol. The minimum absolute atomic E-state index is 0.647. The third-order valence-electron chi connectivity index (χ3n) is 6.14. The van der Waals surface area contributed by atoms with E-state index >= 15 is 0 Å². The molecule has 0 unspecified atom stereocenters. The topological polar surface area (TPSA) is 67.6 Å². The maximum atomic E-state index is 5.25. The molecule has 0 bridgehead atoms. The van der Waals surface area contributed by atoms with Gasteiger partial charge in [0, 0.05) is 18.7 Å². The molecule has 2 aromatic carbocycles. The molecule has 0 aliphatic carbocycles. The van der Waals surface area contributed by atoms with Crippen molar-refractivity contribution in [3.05, 3.63) is 72.3 Å². The van der Waals surface area contributed by atoms with Crippen molar-refractivity contribution in [2.75, 3.05) is 32.1 Å². The largest absolute Gasteiger partial charge is 0.497 e. The Bertz CT molecular complexity index is 1150. The molecule has 0 radical (unpaired) electrons. The fourth-order valence-electron chi connectivity index (χ4n) is 4.24. The van der Waals surface area contributed by atoms with Gasteiger partial charge in [-0.15, -0.1) is 15.3 Å². The van der Waals surface area contributed by atoms with Gasteiger partial charge in [0.15, 0.2) is 11.5 Å². The summed E-state index contributed by atoms with van der Waals surface area (Å²) in [6, 6.07) is 22.4. The highest BCUT2D eigenvalue weighted by Gasteiger charge is 2.19. The van der Waals surface area contributed by atoms with E-state index in [-0.39, 0.29) is 0 Å². The lowest BCUT2D eigenvalue weighted by Crippen LogP contribution is -2.35. The summed E-state index contributed by atoms with van der Waals surface area (Å²) < 4.78 is 7.07. The second-order valence-electron chi connectivity index (χ2n) is 8.33. The van der Waals surface area contributed by atoms with Crippen LogP contribution in [0.1, 0.15) is 18.4 Å². The number of fused-ring (bicyclic) bond motifs is 1. The highest BCUT2D eigenvalue weighted by Crippen LogP contribution is 2.22. The van der Waals surface area contributed by atoms with E-state index in [1.165, 1.54) is 18.4 Å². The van der Waals surface area contributed by atoms with Crippen LogP contribution in [0.15, 0.2) is 66.7 Å². The molecule has 1 aliphatic heterocycles. The van der Waals surface area contributed by atoms with E-state index < -0.39 is 0 Å². The van der Waals surface area contributed by atoms with Gasteiger partial charge in [0.25, 0.3) is 0 Å². The minimum Gasteiger partial charge on any atom is -0.497 e. The van der Waals surface area contributed by atoms with Gasteiger partial charge >= 0.3 is 0 Å². The molecule has 0 spiro atoms. The molecule has 1 fully saturated rings. The van der Waals surface area contributed by atoms with E-state index in [1.807, 2.05) is 59.1 Å². The number of anilines is 1. The van der Waals surface area contributed by atoms with Gasteiger partial charge in [-0.1, -0.05) is 42.5 Å². The van der Waals surface area contributed by atoms with Gasteiger partial charge in [-0.25, -0.2) is 0 Å². The fourth-order valence-corrected chi connectivity index (χ4v) is 4.24. The normalized spacial score (nSPS) is 15.2. The molecule has 0 atom stereocenters. The first-order chi connectivity index (χ1) is 15.8. The van der Waals surface area contributed by atoms with Crippen LogP contribution in [-0.4, -0.2) is 51.5 Å². The lowest BCUT2D eigenvalue weighted by molar-refractivity contribution is 0.182. The first-order valence-electron chi connectivity index (χ1n) is 11.2. The number of piperidine rings is 1. The van der Waals surface area contributed by atoms with Crippen LogP contribution in [0.3, 0.4) is 0 Å². The van der Waals surface area contributed by atoms with E-state index in [9.17, 15) is 0 Å². The minimum atomic E-state index is 0.647. The summed E-state index contributed by atoms with van der Waals surface area (Å²) in [5.74, 6) is 3.17. The molecule has 1 aliphatic rings. The summed E-state index contributed by atoms with van der Waals surface area (Å²) in [6.07, 6.45) is 2.38. The Morgan fingerprint density at radius 1 is 0.938 bits per heavy atom. The summed E-state index contributed by atoms with van der Waals surface area (Å²) in [7, 11) is 1.70. The van der Waals surface area contributed by atoms with Crippen LogP contribution >= 0.6 is 0 Å². The van der Waals surface area contributed by atoms with Gasteiger partial charge in [-0.2, -0.15) is 4.52 Å². The fraction of sp³-hybridized carbons (Fsp3) is 0.320. The number of rotatable bonds is 7. The van der Waals surface area contributed by atoms with E-state index in [2.05, 4.69) is 32.5 Å². The molecular formula is C25H28N6O. The summed E-state index contributed by atoms with van der Waals surface area (Å²) in [5, 5.41) is 16.8. The first-order valence-corrected chi connectivity index (χ1v) is 11.2. The average Bonchev–Trinajstić information content (AvgIpc) is 3.28. The zero-order valence-corrected chi connectivity index (χ0v) is 18.3. The van der Waals surface area contributed by atoms with Crippen molar-refractivity contribution in [1.29, 1.82) is 0 Å². The van der Waals surface area contributed by atoms with Gasteiger partial charge in [-0.05, 0) is 61.7 Å². The summed E-state index contributed by atoms with van der Waals surface area (Å²) in [6.45, 7) is 4.17.